The van der Waals surface area contributed by atoms with Crippen LogP contribution in [0.5, 0.6) is 0 Å². The average Bonchev–Trinajstić information content (AvgIpc) is 3.11. The van der Waals surface area contributed by atoms with E-state index in [0.717, 1.165) is 30.1 Å². The molecule has 4 fully saturated rings. The Hall–Kier alpha value is -0.353. The van der Waals surface area contributed by atoms with Gasteiger partial charge in [-0.2, -0.15) is 0 Å². The smallest absolute Gasteiger partial charge is 0.306 e. The van der Waals surface area contributed by atoms with E-state index in [-0.39, 0.29) is 5.92 Å². The summed E-state index contributed by atoms with van der Waals surface area (Å²) in [6.45, 7) is 21.7. The molecule has 4 aliphatic rings. The number of hydrogen-bond donors (Lipinski definition) is 1. The fourth-order valence-electron chi connectivity index (χ4n) is 10.5. The Morgan fingerprint density at radius 1 is 1.00 bits per heavy atom. The first-order chi connectivity index (χ1) is 16.2. The molecule has 4 aliphatic carbocycles. The van der Waals surface area contributed by atoms with Crippen LogP contribution < -0.4 is 0 Å². The second-order valence-electron chi connectivity index (χ2n) is 15.2. The Kier molecular flexibility index (Phi) is 7.71. The molecule has 0 bridgehead atoms. The first kappa shape index (κ1) is 27.7. The number of fused-ring (bicyclic) bond motifs is 5. The molecule has 0 unspecified atom stereocenters. The van der Waals surface area contributed by atoms with Crippen LogP contribution in [0.2, 0.25) is 19.6 Å². The zero-order chi connectivity index (χ0) is 25.9. The summed E-state index contributed by atoms with van der Waals surface area (Å²) < 4.78 is 7.29. The standard InChI is InChI=1S/C31H56O3Si/c1-10-22-26-17-19(2)13-15-31(26,6)25-14-16-30(5)23(20(3)18-21(4)29(32)33)11-12-24(30)27(25)28(22)34-35(7,8)9/h19-28H,10-18H2,1-9H3,(H,32,33)/t19-,20-,21+,22-,23-,24+,25+,26+,27+,28-,30-,31-/m1/s1. The Morgan fingerprint density at radius 3 is 2.23 bits per heavy atom. The van der Waals surface area contributed by atoms with Gasteiger partial charge in [0.1, 0.15) is 0 Å². The van der Waals surface area contributed by atoms with Crippen molar-refractivity contribution < 1.29 is 14.3 Å². The van der Waals surface area contributed by atoms with Crippen molar-refractivity contribution in [1.82, 2.24) is 0 Å². The SMILES string of the molecule is CC[C@H]1[C@@H](O[Si](C)(C)C)[C@@H]2[C@H](CC[C@]3(C)[C@@H]([C@H](C)C[C@H](C)C(=O)O)CC[C@@H]23)[C@@]2(C)CC[C@@H](C)C[C@@H]12. The van der Waals surface area contributed by atoms with Crippen LogP contribution in [0.15, 0.2) is 0 Å². The third-order valence-corrected chi connectivity index (χ3v) is 13.0. The highest BCUT2D eigenvalue weighted by molar-refractivity contribution is 6.69. The molecule has 0 saturated heterocycles. The van der Waals surface area contributed by atoms with E-state index in [1.807, 2.05) is 6.92 Å². The first-order valence-electron chi connectivity index (χ1n) is 15.1. The van der Waals surface area contributed by atoms with Crippen LogP contribution in [0.3, 0.4) is 0 Å². The predicted octanol–water partition coefficient (Wildman–Crippen LogP) is 8.49. The summed E-state index contributed by atoms with van der Waals surface area (Å²) >= 11 is 0. The summed E-state index contributed by atoms with van der Waals surface area (Å²) in [5.41, 5.74) is 0.809. The van der Waals surface area contributed by atoms with Crippen molar-refractivity contribution in [2.75, 3.05) is 0 Å². The summed E-state index contributed by atoms with van der Waals surface area (Å²) in [6.07, 6.45) is 12.0. The monoisotopic (exact) mass is 504 g/mol. The van der Waals surface area contributed by atoms with Crippen LogP contribution in [0.4, 0.5) is 0 Å². The molecular weight excluding hydrogens is 448 g/mol. The third kappa shape index (κ3) is 4.82. The molecule has 0 spiro atoms. The van der Waals surface area contributed by atoms with Crippen LogP contribution in [0, 0.1) is 64.1 Å². The molecule has 0 radical (unpaired) electrons. The quantitative estimate of drug-likeness (QED) is 0.353. The van der Waals surface area contributed by atoms with E-state index >= 15 is 0 Å². The largest absolute Gasteiger partial charge is 0.481 e. The molecule has 0 aromatic rings. The number of hydrogen-bond acceptors (Lipinski definition) is 2. The topological polar surface area (TPSA) is 46.5 Å². The van der Waals surface area contributed by atoms with Gasteiger partial charge in [0.25, 0.3) is 0 Å². The van der Waals surface area contributed by atoms with E-state index in [1.54, 1.807) is 0 Å². The lowest BCUT2D eigenvalue weighted by atomic mass is 9.41. The molecule has 0 aromatic heterocycles. The van der Waals surface area contributed by atoms with E-state index in [1.165, 1.54) is 51.4 Å². The molecule has 0 heterocycles. The minimum atomic E-state index is -1.68. The third-order valence-electron chi connectivity index (χ3n) is 12.0. The molecule has 4 saturated carbocycles. The number of rotatable bonds is 7. The van der Waals surface area contributed by atoms with Crippen LogP contribution >= 0.6 is 0 Å². The molecule has 1 N–H and O–H groups in total. The van der Waals surface area contributed by atoms with Crippen molar-refractivity contribution in [3.63, 3.8) is 0 Å². The molecule has 202 valence electrons. The molecular formula is C31H56O3Si. The fourth-order valence-corrected chi connectivity index (χ4v) is 11.7. The van der Waals surface area contributed by atoms with E-state index < -0.39 is 14.3 Å². The molecule has 3 nitrogen and oxygen atoms in total. The number of aliphatic carboxylic acids is 1. The van der Waals surface area contributed by atoms with Gasteiger partial charge in [-0.15, -0.1) is 0 Å². The van der Waals surface area contributed by atoms with E-state index in [0.29, 0.717) is 40.6 Å². The van der Waals surface area contributed by atoms with Gasteiger partial charge < -0.3 is 9.53 Å². The minimum Gasteiger partial charge on any atom is -0.481 e. The van der Waals surface area contributed by atoms with Crippen LogP contribution in [0.25, 0.3) is 0 Å². The van der Waals surface area contributed by atoms with Gasteiger partial charge in [-0.3, -0.25) is 4.79 Å². The molecule has 12 atom stereocenters. The van der Waals surface area contributed by atoms with Gasteiger partial charge in [-0.05, 0) is 123 Å². The summed E-state index contributed by atoms with van der Waals surface area (Å²) in [5, 5.41) is 9.57. The number of carboxylic acid groups (broad SMARTS) is 1. The normalized spacial score (nSPS) is 47.3. The summed E-state index contributed by atoms with van der Waals surface area (Å²) in [6, 6.07) is 0. The van der Waals surface area contributed by atoms with Crippen LogP contribution in [0.1, 0.15) is 99.3 Å². The highest BCUT2D eigenvalue weighted by Crippen LogP contribution is 2.70. The second kappa shape index (κ2) is 9.75. The minimum absolute atomic E-state index is 0.241. The molecule has 0 aromatic carbocycles. The summed E-state index contributed by atoms with van der Waals surface area (Å²) in [4.78, 5) is 11.6. The zero-order valence-electron chi connectivity index (χ0n) is 24.4. The van der Waals surface area contributed by atoms with E-state index in [2.05, 4.69) is 54.3 Å². The Labute approximate surface area is 217 Å². The lowest BCUT2D eigenvalue weighted by Crippen LogP contribution is -2.63. The van der Waals surface area contributed by atoms with Crippen molar-refractivity contribution in [3.05, 3.63) is 0 Å². The zero-order valence-corrected chi connectivity index (χ0v) is 25.4. The van der Waals surface area contributed by atoms with Crippen molar-refractivity contribution >= 4 is 14.3 Å². The van der Waals surface area contributed by atoms with Crippen molar-refractivity contribution in [1.29, 1.82) is 0 Å². The molecule has 4 heteroatoms. The highest BCUT2D eigenvalue weighted by atomic mass is 28.4. The molecule has 0 amide bonds. The van der Waals surface area contributed by atoms with Gasteiger partial charge in [0.15, 0.2) is 8.32 Å². The maximum Gasteiger partial charge on any atom is 0.306 e. The molecule has 0 aliphatic heterocycles. The van der Waals surface area contributed by atoms with E-state index in [4.69, 9.17) is 4.43 Å². The van der Waals surface area contributed by atoms with Crippen molar-refractivity contribution in [2.45, 2.75) is 125 Å². The summed E-state index contributed by atoms with van der Waals surface area (Å²) in [7, 11) is -1.68. The average molecular weight is 505 g/mol. The van der Waals surface area contributed by atoms with E-state index in [9.17, 15) is 9.90 Å². The Morgan fingerprint density at radius 2 is 1.63 bits per heavy atom. The maximum absolute atomic E-state index is 11.6. The van der Waals surface area contributed by atoms with Crippen LogP contribution in [-0.4, -0.2) is 25.5 Å². The number of carbonyl (C=O) groups is 1. The van der Waals surface area contributed by atoms with Gasteiger partial charge >= 0.3 is 5.97 Å². The van der Waals surface area contributed by atoms with Gasteiger partial charge in [0.05, 0.1) is 12.0 Å². The lowest BCUT2D eigenvalue weighted by Gasteiger charge is -2.66. The van der Waals surface area contributed by atoms with Gasteiger partial charge in [0.2, 0.25) is 0 Å². The first-order valence-corrected chi connectivity index (χ1v) is 18.5. The lowest BCUT2D eigenvalue weighted by molar-refractivity contribution is -0.193. The van der Waals surface area contributed by atoms with Gasteiger partial charge in [0, 0.05) is 0 Å². The Balaban J connectivity index is 1.70. The Bertz CT molecular complexity index is 776. The summed E-state index contributed by atoms with van der Waals surface area (Å²) in [5.74, 6) is 4.85. The maximum atomic E-state index is 11.6. The number of carboxylic acids is 1. The highest BCUT2D eigenvalue weighted by Gasteiger charge is 2.65. The van der Waals surface area contributed by atoms with Gasteiger partial charge in [-0.25, -0.2) is 0 Å². The molecule has 4 rings (SSSR count). The molecule has 35 heavy (non-hydrogen) atoms. The van der Waals surface area contributed by atoms with Gasteiger partial charge in [-0.1, -0.05) is 54.4 Å². The predicted molar refractivity (Wildman–Crippen MR) is 148 cm³/mol. The van der Waals surface area contributed by atoms with Crippen molar-refractivity contribution in [3.8, 4) is 0 Å². The van der Waals surface area contributed by atoms with Crippen molar-refractivity contribution in [2.24, 2.45) is 64.1 Å². The fraction of sp³-hybridized carbons (Fsp3) is 0.968. The second-order valence-corrected chi connectivity index (χ2v) is 19.7. The van der Waals surface area contributed by atoms with Crippen LogP contribution in [-0.2, 0) is 9.22 Å².